The summed E-state index contributed by atoms with van der Waals surface area (Å²) in [5.74, 6) is -0.219. The molecule has 25 heavy (non-hydrogen) atoms. The van der Waals surface area contributed by atoms with Crippen molar-refractivity contribution in [3.8, 4) is 5.75 Å². The van der Waals surface area contributed by atoms with E-state index in [2.05, 4.69) is 0 Å². The van der Waals surface area contributed by atoms with Crippen LogP contribution in [-0.2, 0) is 9.53 Å². The van der Waals surface area contributed by atoms with Crippen LogP contribution in [-0.4, -0.2) is 54.3 Å². The van der Waals surface area contributed by atoms with Crippen molar-refractivity contribution < 1.29 is 24.2 Å². The van der Waals surface area contributed by atoms with Gasteiger partial charge in [-0.25, -0.2) is 4.79 Å². The Kier molecular flexibility index (Phi) is 5.58. The van der Waals surface area contributed by atoms with E-state index in [1.807, 2.05) is 0 Å². The maximum absolute atomic E-state index is 13.1. The van der Waals surface area contributed by atoms with Crippen molar-refractivity contribution in [2.75, 3.05) is 20.3 Å². The first-order valence-electron chi connectivity index (χ1n) is 8.89. The number of amides is 1. The van der Waals surface area contributed by atoms with Gasteiger partial charge in [0.05, 0.1) is 6.61 Å². The van der Waals surface area contributed by atoms with Crippen LogP contribution in [0.5, 0.6) is 5.75 Å². The van der Waals surface area contributed by atoms with E-state index < -0.39 is 12.0 Å². The molecular weight excluding hydrogens is 322 g/mol. The number of benzene rings is 1. The second kappa shape index (κ2) is 7.87. The topological polar surface area (TPSA) is 76.1 Å². The fraction of sp³-hybridized carbons (Fsp3) is 0.579. The van der Waals surface area contributed by atoms with Crippen molar-refractivity contribution in [2.45, 2.75) is 44.2 Å². The molecule has 1 aliphatic heterocycles. The van der Waals surface area contributed by atoms with Crippen LogP contribution in [0.3, 0.4) is 0 Å². The number of rotatable bonds is 6. The zero-order chi connectivity index (χ0) is 17.8. The van der Waals surface area contributed by atoms with Crippen molar-refractivity contribution in [1.82, 2.24) is 4.90 Å². The van der Waals surface area contributed by atoms with Gasteiger partial charge in [-0.05, 0) is 43.4 Å². The van der Waals surface area contributed by atoms with Crippen LogP contribution in [0.2, 0.25) is 0 Å². The van der Waals surface area contributed by atoms with E-state index in [4.69, 9.17) is 9.47 Å². The average Bonchev–Trinajstić information content (AvgIpc) is 3.01. The highest BCUT2D eigenvalue weighted by Crippen LogP contribution is 2.40. The molecule has 1 amide bonds. The van der Waals surface area contributed by atoms with Gasteiger partial charge in [0.15, 0.2) is 0 Å². The number of aliphatic carboxylic acids is 1. The van der Waals surface area contributed by atoms with E-state index in [-0.39, 0.29) is 11.9 Å². The fourth-order valence-electron chi connectivity index (χ4n) is 4.08. The molecule has 0 aromatic heterocycles. The van der Waals surface area contributed by atoms with Gasteiger partial charge >= 0.3 is 5.97 Å². The highest BCUT2D eigenvalue weighted by molar-refractivity contribution is 5.97. The number of nitrogens with zero attached hydrogens (tertiary/aromatic N) is 1. The first-order valence-corrected chi connectivity index (χ1v) is 8.89. The quantitative estimate of drug-likeness (QED) is 0.801. The Hall–Kier alpha value is -2.08. The van der Waals surface area contributed by atoms with Crippen LogP contribution in [0, 0.1) is 5.92 Å². The predicted molar refractivity (Wildman–Crippen MR) is 91.8 cm³/mol. The van der Waals surface area contributed by atoms with Crippen molar-refractivity contribution in [3.05, 3.63) is 29.8 Å². The minimum atomic E-state index is -0.907. The Bertz CT molecular complexity index is 632. The van der Waals surface area contributed by atoms with Crippen LogP contribution in [0.4, 0.5) is 0 Å². The lowest BCUT2D eigenvalue weighted by atomic mass is 9.84. The van der Waals surface area contributed by atoms with Crippen LogP contribution >= 0.6 is 0 Å². The summed E-state index contributed by atoms with van der Waals surface area (Å²) in [7, 11) is 1.60. The molecule has 0 radical (unpaired) electrons. The third-order valence-electron chi connectivity index (χ3n) is 5.24. The number of fused-ring (bicyclic) bond motifs is 1. The molecule has 1 N–H and O–H groups in total. The Morgan fingerprint density at radius 3 is 2.80 bits per heavy atom. The summed E-state index contributed by atoms with van der Waals surface area (Å²) in [6, 6.07) is 6.28. The molecule has 2 fully saturated rings. The second-order valence-corrected chi connectivity index (χ2v) is 6.78. The van der Waals surface area contributed by atoms with E-state index in [1.165, 1.54) is 0 Å². The van der Waals surface area contributed by atoms with Crippen molar-refractivity contribution in [3.63, 3.8) is 0 Å². The molecule has 136 valence electrons. The molecule has 0 bridgehead atoms. The van der Waals surface area contributed by atoms with Crippen molar-refractivity contribution in [1.29, 1.82) is 0 Å². The summed E-state index contributed by atoms with van der Waals surface area (Å²) in [4.78, 5) is 26.4. The van der Waals surface area contributed by atoms with Gasteiger partial charge < -0.3 is 19.5 Å². The average molecular weight is 347 g/mol. The monoisotopic (exact) mass is 347 g/mol. The van der Waals surface area contributed by atoms with Gasteiger partial charge in [0, 0.05) is 18.7 Å². The zero-order valence-electron chi connectivity index (χ0n) is 14.5. The number of ether oxygens (including phenoxy) is 2. The summed E-state index contributed by atoms with van der Waals surface area (Å²) >= 11 is 0. The summed E-state index contributed by atoms with van der Waals surface area (Å²) in [6.45, 7) is 0.870. The molecule has 1 aliphatic carbocycles. The molecular formula is C19H25NO5. The van der Waals surface area contributed by atoms with E-state index in [1.54, 1.807) is 36.3 Å². The van der Waals surface area contributed by atoms with Gasteiger partial charge in [-0.15, -0.1) is 0 Å². The fourth-order valence-corrected chi connectivity index (χ4v) is 4.08. The SMILES string of the molecule is COCCOc1cccc(C(=O)N2[C@@H]3CCCC[C@H]3C[C@H]2C(=O)O)c1. The van der Waals surface area contributed by atoms with E-state index in [0.29, 0.717) is 36.9 Å². The third kappa shape index (κ3) is 3.79. The Balaban J connectivity index is 1.80. The number of carboxylic acid groups (broad SMARTS) is 1. The molecule has 3 atom stereocenters. The zero-order valence-corrected chi connectivity index (χ0v) is 14.5. The molecule has 0 unspecified atom stereocenters. The molecule has 1 aromatic carbocycles. The Morgan fingerprint density at radius 2 is 2.04 bits per heavy atom. The first kappa shape index (κ1) is 17.7. The summed E-state index contributed by atoms with van der Waals surface area (Å²) < 4.78 is 10.5. The lowest BCUT2D eigenvalue weighted by Gasteiger charge is -2.33. The van der Waals surface area contributed by atoms with Gasteiger partial charge in [-0.3, -0.25) is 4.79 Å². The first-order chi connectivity index (χ1) is 12.1. The van der Waals surface area contributed by atoms with Crippen LogP contribution in [0.15, 0.2) is 24.3 Å². The molecule has 3 rings (SSSR count). The predicted octanol–water partition coefficient (Wildman–Crippen LogP) is 2.57. The smallest absolute Gasteiger partial charge is 0.326 e. The number of hydrogen-bond acceptors (Lipinski definition) is 4. The van der Waals surface area contributed by atoms with E-state index >= 15 is 0 Å². The highest BCUT2D eigenvalue weighted by Gasteiger charge is 2.47. The second-order valence-electron chi connectivity index (χ2n) is 6.78. The molecule has 2 aliphatic rings. The number of carboxylic acids is 1. The summed E-state index contributed by atoms with van der Waals surface area (Å²) in [5, 5.41) is 9.59. The molecule has 1 saturated carbocycles. The summed E-state index contributed by atoms with van der Waals surface area (Å²) in [5.41, 5.74) is 0.479. The van der Waals surface area contributed by atoms with Crippen molar-refractivity contribution in [2.24, 2.45) is 5.92 Å². The molecule has 1 saturated heterocycles. The minimum Gasteiger partial charge on any atom is -0.491 e. The normalized spacial score (nSPS) is 25.5. The summed E-state index contributed by atoms with van der Waals surface area (Å²) in [6.07, 6.45) is 4.65. The number of carbonyl (C=O) groups excluding carboxylic acids is 1. The van der Waals surface area contributed by atoms with Gasteiger partial charge in [0.1, 0.15) is 18.4 Å². The minimum absolute atomic E-state index is 0.0421. The largest absolute Gasteiger partial charge is 0.491 e. The molecule has 0 spiro atoms. The number of methoxy groups -OCH3 is 1. The van der Waals surface area contributed by atoms with Gasteiger partial charge in [0.25, 0.3) is 5.91 Å². The van der Waals surface area contributed by atoms with Crippen molar-refractivity contribution >= 4 is 11.9 Å². The highest BCUT2D eigenvalue weighted by atomic mass is 16.5. The number of carbonyl (C=O) groups is 2. The van der Waals surface area contributed by atoms with Gasteiger partial charge in [-0.2, -0.15) is 0 Å². The lowest BCUT2D eigenvalue weighted by molar-refractivity contribution is -0.141. The van der Waals surface area contributed by atoms with E-state index in [0.717, 1.165) is 25.7 Å². The molecule has 1 heterocycles. The van der Waals surface area contributed by atoms with Crippen LogP contribution in [0.25, 0.3) is 0 Å². The molecule has 6 nitrogen and oxygen atoms in total. The third-order valence-corrected chi connectivity index (χ3v) is 5.24. The number of likely N-dealkylation sites (tertiary alicyclic amines) is 1. The van der Waals surface area contributed by atoms with Crippen LogP contribution in [0.1, 0.15) is 42.5 Å². The van der Waals surface area contributed by atoms with Crippen LogP contribution < -0.4 is 4.74 Å². The van der Waals surface area contributed by atoms with Gasteiger partial charge in [-0.1, -0.05) is 18.9 Å². The van der Waals surface area contributed by atoms with E-state index in [9.17, 15) is 14.7 Å². The maximum atomic E-state index is 13.1. The number of hydrogen-bond donors (Lipinski definition) is 1. The maximum Gasteiger partial charge on any atom is 0.326 e. The molecule has 6 heteroatoms. The van der Waals surface area contributed by atoms with Gasteiger partial charge in [0.2, 0.25) is 0 Å². The Morgan fingerprint density at radius 1 is 1.24 bits per heavy atom. The standard InChI is InChI=1S/C19H25NO5/c1-24-9-10-25-15-7-4-6-14(11-15)18(21)20-16-8-3-2-5-13(16)12-17(20)19(22)23/h4,6-7,11,13,16-17H,2-3,5,8-10,12H2,1H3,(H,22,23)/t13-,16+,17-/m0/s1. The Labute approximate surface area is 147 Å². The lowest BCUT2D eigenvalue weighted by Crippen LogP contribution is -2.46. The molecule has 1 aromatic rings.